The number of fused-ring (bicyclic) bond motifs is 2. The standard InChI is InChI=1S/C44H51N9O8/c54-35-23-32(45-41-47-37(49-52(35)41)30-11-4-1-5-12-30)26-60-43(18-8-3-9-19-43)39(56)51-22-10-15-34(51)28-59-25-29-16-20-44(21-17-29,40(57)58)61-27-33-24-36(55)53-42(46-33)48-38(50-53)31-13-6-2-7-14-31/h1-2,4-7,11-14,23-24,29,34,40,57-58H,3,8-10,15-22,25-28H2,(H,45,47,49)(H,46,48,50). The maximum Gasteiger partial charge on any atom is 0.274 e. The number of nitrogens with zero attached hydrogens (tertiary/aromatic N) is 7. The van der Waals surface area contributed by atoms with E-state index in [1.807, 2.05) is 65.6 Å². The van der Waals surface area contributed by atoms with Crippen LogP contribution in [0.1, 0.15) is 82.0 Å². The van der Waals surface area contributed by atoms with Crippen LogP contribution in [0.3, 0.4) is 0 Å². The molecule has 0 radical (unpaired) electrons. The lowest BCUT2D eigenvalue weighted by Crippen LogP contribution is -2.54. The maximum atomic E-state index is 14.5. The van der Waals surface area contributed by atoms with E-state index in [1.165, 1.54) is 21.2 Å². The number of amides is 1. The van der Waals surface area contributed by atoms with Crippen molar-refractivity contribution in [2.45, 2.75) is 107 Å². The Morgan fingerprint density at radius 3 is 1.82 bits per heavy atom. The normalized spacial score (nSPS) is 21.8. The minimum atomic E-state index is -1.72. The first-order valence-electron chi connectivity index (χ1n) is 21.3. The van der Waals surface area contributed by atoms with E-state index in [2.05, 4.69) is 30.1 Å². The van der Waals surface area contributed by atoms with Gasteiger partial charge in [-0.2, -0.15) is 19.0 Å². The average molecular weight is 834 g/mol. The van der Waals surface area contributed by atoms with E-state index < -0.39 is 17.5 Å². The SMILES string of the molecule is O=C(N1CCCC1COCC1CCC(OCc2cc(=O)n3[nH]c(-c4ccccc4)nc3n2)(C(O)O)CC1)C1(OCc2cc(=O)n3[nH]c(-c4ccccc4)nc3n2)CCCCC1. The van der Waals surface area contributed by atoms with Crippen LogP contribution >= 0.6 is 0 Å². The van der Waals surface area contributed by atoms with Crippen LogP contribution in [0.4, 0.5) is 0 Å². The molecule has 5 heterocycles. The molecule has 1 unspecified atom stereocenters. The summed E-state index contributed by atoms with van der Waals surface area (Å²) in [5.74, 6) is 1.62. The Kier molecular flexibility index (Phi) is 11.6. The van der Waals surface area contributed by atoms with Gasteiger partial charge in [-0.25, -0.2) is 9.97 Å². The van der Waals surface area contributed by atoms with Crippen molar-refractivity contribution >= 4 is 17.5 Å². The number of ether oxygens (including phenoxy) is 3. The lowest BCUT2D eigenvalue weighted by Gasteiger charge is -2.41. The molecule has 1 atom stereocenters. The summed E-state index contributed by atoms with van der Waals surface area (Å²) < 4.78 is 21.6. The number of benzene rings is 2. The average Bonchev–Trinajstić information content (AvgIpc) is 4.06. The zero-order chi connectivity index (χ0) is 42.0. The summed E-state index contributed by atoms with van der Waals surface area (Å²) in [6.07, 6.45) is 6.00. The maximum absolute atomic E-state index is 14.5. The predicted octanol–water partition coefficient (Wildman–Crippen LogP) is 4.17. The third-order valence-corrected chi connectivity index (χ3v) is 12.6. The molecule has 1 aliphatic heterocycles. The summed E-state index contributed by atoms with van der Waals surface area (Å²) in [6, 6.07) is 21.6. The molecule has 0 spiro atoms. The molecule has 17 heteroatoms. The monoisotopic (exact) mass is 833 g/mol. The third-order valence-electron chi connectivity index (χ3n) is 12.6. The lowest BCUT2D eigenvalue weighted by atomic mass is 9.78. The van der Waals surface area contributed by atoms with Crippen molar-refractivity contribution in [2.75, 3.05) is 19.8 Å². The first kappa shape index (κ1) is 40.8. The molecular weight excluding hydrogens is 783 g/mol. The van der Waals surface area contributed by atoms with Crippen molar-refractivity contribution in [3.05, 3.63) is 105 Å². The number of carbonyl (C=O) groups excluding carboxylic acids is 1. The molecule has 61 heavy (non-hydrogen) atoms. The van der Waals surface area contributed by atoms with Crippen LogP contribution < -0.4 is 11.1 Å². The third kappa shape index (κ3) is 8.52. The first-order valence-corrected chi connectivity index (χ1v) is 21.3. The number of aromatic nitrogens is 8. The van der Waals surface area contributed by atoms with E-state index in [-0.39, 0.29) is 53.8 Å². The van der Waals surface area contributed by atoms with Gasteiger partial charge in [-0.3, -0.25) is 24.6 Å². The summed E-state index contributed by atoms with van der Waals surface area (Å²) in [6.45, 7) is 1.42. The molecule has 320 valence electrons. The van der Waals surface area contributed by atoms with Gasteiger partial charge in [0.25, 0.3) is 28.6 Å². The number of hydrogen-bond donors (Lipinski definition) is 4. The number of likely N-dealkylation sites (tertiary alicyclic amines) is 1. The number of carbonyl (C=O) groups is 1. The molecular formula is C44H51N9O8. The largest absolute Gasteiger partial charge is 0.379 e. The highest BCUT2D eigenvalue weighted by molar-refractivity contribution is 5.86. The van der Waals surface area contributed by atoms with Gasteiger partial charge in [0.2, 0.25) is 0 Å². The van der Waals surface area contributed by atoms with Crippen molar-refractivity contribution in [1.82, 2.24) is 44.1 Å². The Morgan fingerprint density at radius 2 is 1.26 bits per heavy atom. The highest BCUT2D eigenvalue weighted by atomic mass is 16.6. The van der Waals surface area contributed by atoms with Crippen LogP contribution in [0.2, 0.25) is 0 Å². The summed E-state index contributed by atoms with van der Waals surface area (Å²) >= 11 is 0. The number of hydrogen-bond acceptors (Lipinski definition) is 12. The molecule has 6 aromatic rings. The van der Waals surface area contributed by atoms with Crippen LogP contribution in [0.25, 0.3) is 34.3 Å². The number of rotatable bonds is 14. The molecule has 1 saturated heterocycles. The summed E-state index contributed by atoms with van der Waals surface area (Å²) in [7, 11) is 0. The molecule has 17 nitrogen and oxygen atoms in total. The Balaban J connectivity index is 0.789. The van der Waals surface area contributed by atoms with Gasteiger partial charge in [-0.05, 0) is 57.3 Å². The zero-order valence-corrected chi connectivity index (χ0v) is 33.9. The fourth-order valence-corrected chi connectivity index (χ4v) is 9.14. The minimum absolute atomic E-state index is 0.0135. The molecule has 4 aromatic heterocycles. The minimum Gasteiger partial charge on any atom is -0.379 e. The zero-order valence-electron chi connectivity index (χ0n) is 33.9. The fraction of sp³-hybridized carbons (Fsp3) is 0.477. The Hall–Kier alpha value is -5.59. The Morgan fingerprint density at radius 1 is 0.705 bits per heavy atom. The number of H-pyrrole nitrogens is 2. The second kappa shape index (κ2) is 17.4. The Bertz CT molecular complexity index is 2570. The van der Waals surface area contributed by atoms with Gasteiger partial charge in [0.15, 0.2) is 17.9 Å². The molecule has 9 rings (SSSR count). The lowest BCUT2D eigenvalue weighted by molar-refractivity contribution is -0.231. The predicted molar refractivity (Wildman–Crippen MR) is 222 cm³/mol. The van der Waals surface area contributed by atoms with Gasteiger partial charge in [-0.1, -0.05) is 79.9 Å². The first-order chi connectivity index (χ1) is 29.7. The highest BCUT2D eigenvalue weighted by Crippen LogP contribution is 2.39. The molecule has 1 amide bonds. The molecule has 2 aromatic carbocycles. The van der Waals surface area contributed by atoms with Crippen molar-refractivity contribution < 1.29 is 29.2 Å². The van der Waals surface area contributed by atoms with Crippen LogP contribution in [0.15, 0.2) is 82.4 Å². The fourth-order valence-electron chi connectivity index (χ4n) is 9.14. The van der Waals surface area contributed by atoms with Crippen molar-refractivity contribution in [1.29, 1.82) is 0 Å². The van der Waals surface area contributed by atoms with Gasteiger partial charge < -0.3 is 29.3 Å². The van der Waals surface area contributed by atoms with Crippen molar-refractivity contribution in [3.63, 3.8) is 0 Å². The molecule has 2 saturated carbocycles. The second-order valence-corrected chi connectivity index (χ2v) is 16.7. The topological polar surface area (TPSA) is 215 Å². The molecule has 4 N–H and O–H groups in total. The molecule has 3 fully saturated rings. The van der Waals surface area contributed by atoms with Crippen LogP contribution in [0.5, 0.6) is 0 Å². The van der Waals surface area contributed by atoms with Gasteiger partial charge in [0, 0.05) is 36.4 Å². The summed E-state index contributed by atoms with van der Waals surface area (Å²) in [4.78, 5) is 60.5. The van der Waals surface area contributed by atoms with Crippen molar-refractivity contribution in [3.8, 4) is 22.8 Å². The van der Waals surface area contributed by atoms with E-state index in [0.717, 1.165) is 43.2 Å². The molecule has 3 aliphatic rings. The van der Waals surface area contributed by atoms with Gasteiger partial charge in [-0.15, -0.1) is 0 Å². The van der Waals surface area contributed by atoms with Gasteiger partial charge in [0.05, 0.1) is 37.3 Å². The van der Waals surface area contributed by atoms with E-state index in [9.17, 15) is 24.6 Å². The van der Waals surface area contributed by atoms with E-state index in [1.54, 1.807) is 0 Å². The van der Waals surface area contributed by atoms with Crippen molar-refractivity contribution in [2.24, 2.45) is 5.92 Å². The molecule has 0 bridgehead atoms. The molecule has 2 aliphatic carbocycles. The quantitative estimate of drug-likeness (QED) is 0.114. The van der Waals surface area contributed by atoms with Crippen LogP contribution in [0, 0.1) is 5.92 Å². The summed E-state index contributed by atoms with van der Waals surface area (Å²) in [5.41, 5.74) is -0.464. The van der Waals surface area contributed by atoms with Crippen LogP contribution in [-0.4, -0.2) is 103 Å². The number of aliphatic hydroxyl groups is 2. The second-order valence-electron chi connectivity index (χ2n) is 16.7. The van der Waals surface area contributed by atoms with E-state index >= 15 is 0 Å². The number of aromatic amines is 2. The van der Waals surface area contributed by atoms with Gasteiger partial charge in [0.1, 0.15) is 11.2 Å². The van der Waals surface area contributed by atoms with Gasteiger partial charge >= 0.3 is 0 Å². The highest BCUT2D eigenvalue weighted by Gasteiger charge is 2.46. The summed E-state index contributed by atoms with van der Waals surface area (Å²) in [5, 5.41) is 27.0. The van der Waals surface area contributed by atoms with E-state index in [0.29, 0.717) is 81.3 Å². The Labute approximate surface area is 350 Å². The number of nitrogens with one attached hydrogen (secondary N) is 2. The van der Waals surface area contributed by atoms with Crippen LogP contribution in [-0.2, 0) is 32.2 Å². The number of aliphatic hydroxyl groups excluding tert-OH is 1. The van der Waals surface area contributed by atoms with E-state index in [4.69, 9.17) is 14.2 Å². The smallest absolute Gasteiger partial charge is 0.274 e.